The van der Waals surface area contributed by atoms with E-state index in [1.807, 2.05) is 6.07 Å². The molecule has 0 aliphatic rings. The quantitative estimate of drug-likeness (QED) is 0.855. The van der Waals surface area contributed by atoms with Crippen LogP contribution in [0, 0.1) is 11.6 Å². The van der Waals surface area contributed by atoms with Gasteiger partial charge in [-0.1, -0.05) is 30.3 Å². The summed E-state index contributed by atoms with van der Waals surface area (Å²) in [6.45, 7) is 0.0407. The van der Waals surface area contributed by atoms with E-state index in [4.69, 9.17) is 9.84 Å². The van der Waals surface area contributed by atoms with E-state index >= 15 is 0 Å². The molecule has 0 aliphatic carbocycles. The molecule has 0 spiro atoms. The van der Waals surface area contributed by atoms with Crippen LogP contribution in [0.15, 0.2) is 48.5 Å². The van der Waals surface area contributed by atoms with E-state index in [1.165, 1.54) is 0 Å². The zero-order chi connectivity index (χ0) is 15.2. The third kappa shape index (κ3) is 4.14. The van der Waals surface area contributed by atoms with Gasteiger partial charge in [0.2, 0.25) is 0 Å². The van der Waals surface area contributed by atoms with E-state index in [-0.39, 0.29) is 12.2 Å². The molecule has 0 heterocycles. The molecule has 0 radical (unpaired) electrons. The molecule has 1 N–H and O–H groups in total. The zero-order valence-electron chi connectivity index (χ0n) is 10.9. The number of carbonyl (C=O) groups is 1. The van der Waals surface area contributed by atoms with Crippen LogP contribution in [-0.2, 0) is 11.4 Å². The van der Waals surface area contributed by atoms with E-state index in [0.717, 1.165) is 29.8 Å². The van der Waals surface area contributed by atoms with Crippen LogP contribution >= 0.6 is 0 Å². The predicted octanol–water partition coefficient (Wildman–Crippen LogP) is 3.64. The van der Waals surface area contributed by atoms with Crippen LogP contribution in [0.2, 0.25) is 0 Å². The SMILES string of the molecule is O=C(O)C=Cc1cc(F)c(OCc2ccccc2)c(F)c1. The standard InChI is InChI=1S/C16H12F2O3/c17-13-8-12(6-7-15(19)20)9-14(18)16(13)21-10-11-4-2-1-3-5-11/h1-9H,10H2,(H,19,20). The Morgan fingerprint density at radius 1 is 1.14 bits per heavy atom. The molecule has 2 aromatic rings. The van der Waals surface area contributed by atoms with E-state index in [0.29, 0.717) is 0 Å². The molecule has 2 rings (SSSR count). The highest BCUT2D eigenvalue weighted by Crippen LogP contribution is 2.25. The lowest BCUT2D eigenvalue weighted by Gasteiger charge is -2.09. The maximum Gasteiger partial charge on any atom is 0.328 e. The van der Waals surface area contributed by atoms with Crippen LogP contribution < -0.4 is 4.74 Å². The molecule has 0 bridgehead atoms. The molecule has 0 atom stereocenters. The van der Waals surface area contributed by atoms with Gasteiger partial charge in [-0.15, -0.1) is 0 Å². The molecule has 108 valence electrons. The Balaban J connectivity index is 2.15. The fourth-order valence-corrected chi connectivity index (χ4v) is 1.71. The minimum atomic E-state index is -1.19. The molecule has 0 amide bonds. The second-order valence-corrected chi connectivity index (χ2v) is 4.26. The summed E-state index contributed by atoms with van der Waals surface area (Å²) >= 11 is 0. The molecule has 0 saturated heterocycles. The number of benzene rings is 2. The fraction of sp³-hybridized carbons (Fsp3) is 0.0625. The van der Waals surface area contributed by atoms with Crippen LogP contribution in [0.4, 0.5) is 8.78 Å². The lowest BCUT2D eigenvalue weighted by Crippen LogP contribution is -2.00. The molecule has 21 heavy (non-hydrogen) atoms. The van der Waals surface area contributed by atoms with Crippen LogP contribution in [0.5, 0.6) is 5.75 Å². The van der Waals surface area contributed by atoms with E-state index in [1.54, 1.807) is 24.3 Å². The molecule has 0 saturated carbocycles. The van der Waals surface area contributed by atoms with E-state index in [9.17, 15) is 13.6 Å². The van der Waals surface area contributed by atoms with Crippen molar-refractivity contribution in [2.24, 2.45) is 0 Å². The number of carboxylic acid groups (broad SMARTS) is 1. The molecule has 0 unspecified atom stereocenters. The van der Waals surface area contributed by atoms with Gasteiger partial charge in [0.1, 0.15) is 6.61 Å². The van der Waals surface area contributed by atoms with Gasteiger partial charge in [0, 0.05) is 6.08 Å². The van der Waals surface area contributed by atoms with Gasteiger partial charge in [0.25, 0.3) is 0 Å². The smallest absolute Gasteiger partial charge is 0.328 e. The van der Waals surface area contributed by atoms with Crippen molar-refractivity contribution in [3.8, 4) is 5.75 Å². The van der Waals surface area contributed by atoms with Crippen LogP contribution in [-0.4, -0.2) is 11.1 Å². The summed E-state index contributed by atoms with van der Waals surface area (Å²) < 4.78 is 32.7. The molecule has 0 fully saturated rings. The van der Waals surface area contributed by atoms with Crippen molar-refractivity contribution >= 4 is 12.0 Å². The van der Waals surface area contributed by atoms with Crippen LogP contribution in [0.25, 0.3) is 6.08 Å². The summed E-state index contributed by atoms with van der Waals surface area (Å²) in [5, 5.41) is 8.48. The topological polar surface area (TPSA) is 46.5 Å². The van der Waals surface area contributed by atoms with Crippen molar-refractivity contribution in [1.29, 1.82) is 0 Å². The zero-order valence-corrected chi connectivity index (χ0v) is 10.9. The van der Waals surface area contributed by atoms with Crippen molar-refractivity contribution in [2.45, 2.75) is 6.61 Å². The van der Waals surface area contributed by atoms with Gasteiger partial charge in [-0.3, -0.25) is 0 Å². The monoisotopic (exact) mass is 290 g/mol. The number of ether oxygens (including phenoxy) is 1. The first-order valence-electron chi connectivity index (χ1n) is 6.13. The second kappa shape index (κ2) is 6.65. The number of aliphatic carboxylic acids is 1. The van der Waals surface area contributed by atoms with Gasteiger partial charge in [0.15, 0.2) is 17.4 Å². The minimum absolute atomic E-state index is 0.0407. The Morgan fingerprint density at radius 3 is 2.33 bits per heavy atom. The summed E-state index contributed by atoms with van der Waals surface area (Å²) in [5.74, 6) is -3.43. The van der Waals surface area contributed by atoms with Crippen LogP contribution in [0.3, 0.4) is 0 Å². The Hall–Kier alpha value is -2.69. The van der Waals surface area contributed by atoms with Crippen molar-refractivity contribution in [3.63, 3.8) is 0 Å². The summed E-state index contributed by atoms with van der Waals surface area (Å²) in [6, 6.07) is 11.0. The highest BCUT2D eigenvalue weighted by Gasteiger charge is 2.12. The molecule has 5 heteroatoms. The highest BCUT2D eigenvalue weighted by atomic mass is 19.1. The van der Waals surface area contributed by atoms with E-state index in [2.05, 4.69) is 0 Å². The van der Waals surface area contributed by atoms with Crippen molar-refractivity contribution < 1.29 is 23.4 Å². The van der Waals surface area contributed by atoms with Gasteiger partial charge in [-0.05, 0) is 29.3 Å². The average Bonchev–Trinajstić information content (AvgIpc) is 2.45. The highest BCUT2D eigenvalue weighted by molar-refractivity contribution is 5.85. The number of rotatable bonds is 5. The van der Waals surface area contributed by atoms with Gasteiger partial charge in [-0.25, -0.2) is 13.6 Å². The second-order valence-electron chi connectivity index (χ2n) is 4.26. The summed E-state index contributed by atoms with van der Waals surface area (Å²) in [4.78, 5) is 10.4. The molecular weight excluding hydrogens is 278 g/mol. The number of hydrogen-bond donors (Lipinski definition) is 1. The molecule has 3 nitrogen and oxygen atoms in total. The average molecular weight is 290 g/mol. The normalized spacial score (nSPS) is 10.8. The summed E-state index contributed by atoms with van der Waals surface area (Å²) in [7, 11) is 0. The number of hydrogen-bond acceptors (Lipinski definition) is 2. The maximum absolute atomic E-state index is 13.8. The van der Waals surface area contributed by atoms with Crippen LogP contribution in [0.1, 0.15) is 11.1 Å². The molecular formula is C16H12F2O3. The summed E-state index contributed by atoms with van der Waals surface area (Å²) in [5.41, 5.74) is 0.894. The molecule has 2 aromatic carbocycles. The number of halogens is 2. The first kappa shape index (κ1) is 14.7. The third-order valence-corrected chi connectivity index (χ3v) is 2.66. The van der Waals surface area contributed by atoms with Crippen molar-refractivity contribution in [3.05, 3.63) is 71.3 Å². The molecule has 0 aliphatic heterocycles. The van der Waals surface area contributed by atoms with Gasteiger partial charge >= 0.3 is 5.97 Å². The van der Waals surface area contributed by atoms with Gasteiger partial charge in [0.05, 0.1) is 0 Å². The molecule has 0 aromatic heterocycles. The first-order valence-corrected chi connectivity index (χ1v) is 6.13. The van der Waals surface area contributed by atoms with Crippen molar-refractivity contribution in [2.75, 3.05) is 0 Å². The maximum atomic E-state index is 13.8. The van der Waals surface area contributed by atoms with E-state index < -0.39 is 23.4 Å². The van der Waals surface area contributed by atoms with Gasteiger partial charge in [-0.2, -0.15) is 0 Å². The largest absolute Gasteiger partial charge is 0.483 e. The third-order valence-electron chi connectivity index (χ3n) is 2.66. The van der Waals surface area contributed by atoms with Crippen molar-refractivity contribution in [1.82, 2.24) is 0 Å². The lowest BCUT2D eigenvalue weighted by atomic mass is 10.2. The Kier molecular flexibility index (Phi) is 4.66. The lowest BCUT2D eigenvalue weighted by molar-refractivity contribution is -0.131. The number of carboxylic acids is 1. The predicted molar refractivity (Wildman–Crippen MR) is 73.8 cm³/mol. The van der Waals surface area contributed by atoms with Gasteiger partial charge < -0.3 is 9.84 Å². The Labute approximate surface area is 120 Å². The summed E-state index contributed by atoms with van der Waals surface area (Å²) in [6.07, 6.45) is 1.91. The fourth-order valence-electron chi connectivity index (χ4n) is 1.71. The minimum Gasteiger partial charge on any atom is -0.483 e. The Morgan fingerprint density at radius 2 is 1.76 bits per heavy atom. The first-order chi connectivity index (χ1) is 10.1. The Bertz CT molecular complexity index is 643.